The van der Waals surface area contributed by atoms with Crippen LogP contribution in [0.4, 0.5) is 0 Å². The minimum absolute atomic E-state index is 0.208. The Morgan fingerprint density at radius 3 is 2.90 bits per heavy atom. The zero-order valence-electron chi connectivity index (χ0n) is 11.3. The van der Waals surface area contributed by atoms with Gasteiger partial charge in [-0.05, 0) is 17.7 Å². The molecular weight excluding hydrogens is 290 g/mol. The Bertz CT molecular complexity index is 657. The summed E-state index contributed by atoms with van der Waals surface area (Å²) in [5.41, 5.74) is 6.83. The summed E-state index contributed by atoms with van der Waals surface area (Å²) in [5, 5.41) is 5.29. The van der Waals surface area contributed by atoms with Crippen molar-refractivity contribution in [3.63, 3.8) is 0 Å². The summed E-state index contributed by atoms with van der Waals surface area (Å²) in [6.07, 6.45) is 0. The van der Waals surface area contributed by atoms with E-state index in [0.29, 0.717) is 37.7 Å². The first-order chi connectivity index (χ1) is 10.3. The summed E-state index contributed by atoms with van der Waals surface area (Å²) in [7, 11) is 0. The standard InChI is InChI=1S/C14H15N3O3S/c15-6-13-17-10(8-21-13)14(18)16-7-9-1-2-11-12(5-9)20-4-3-19-11/h1-2,5,8H,3-4,6-7,15H2,(H,16,18). The van der Waals surface area contributed by atoms with E-state index >= 15 is 0 Å². The minimum atomic E-state index is -0.208. The van der Waals surface area contributed by atoms with E-state index in [4.69, 9.17) is 15.2 Å². The Hall–Kier alpha value is -2.12. The predicted molar refractivity (Wildman–Crippen MR) is 78.6 cm³/mol. The number of aromatic nitrogens is 1. The summed E-state index contributed by atoms with van der Waals surface area (Å²) in [6.45, 7) is 1.87. The van der Waals surface area contributed by atoms with Gasteiger partial charge >= 0.3 is 0 Å². The van der Waals surface area contributed by atoms with Gasteiger partial charge in [-0.25, -0.2) is 4.98 Å². The van der Waals surface area contributed by atoms with Gasteiger partial charge in [0.25, 0.3) is 5.91 Å². The highest BCUT2D eigenvalue weighted by Gasteiger charge is 2.13. The Morgan fingerprint density at radius 1 is 1.33 bits per heavy atom. The largest absolute Gasteiger partial charge is 0.486 e. The van der Waals surface area contributed by atoms with Crippen LogP contribution in [0, 0.1) is 0 Å². The van der Waals surface area contributed by atoms with Gasteiger partial charge in [0.2, 0.25) is 0 Å². The second kappa shape index (κ2) is 6.11. The number of thiazole rings is 1. The maximum absolute atomic E-state index is 12.0. The SMILES string of the molecule is NCc1nc(C(=O)NCc2ccc3c(c2)OCCO3)cs1. The Kier molecular flexibility index (Phi) is 4.03. The summed E-state index contributed by atoms with van der Waals surface area (Å²) in [4.78, 5) is 16.1. The lowest BCUT2D eigenvalue weighted by atomic mass is 10.2. The smallest absolute Gasteiger partial charge is 0.271 e. The number of fused-ring (bicyclic) bond motifs is 1. The molecule has 3 N–H and O–H groups in total. The van der Waals surface area contributed by atoms with E-state index < -0.39 is 0 Å². The van der Waals surface area contributed by atoms with Crippen molar-refractivity contribution in [2.24, 2.45) is 5.73 Å². The fourth-order valence-corrected chi connectivity index (χ4v) is 2.63. The fraction of sp³-hybridized carbons (Fsp3) is 0.286. The third-order valence-corrected chi connectivity index (χ3v) is 3.89. The third kappa shape index (κ3) is 3.14. The first-order valence-corrected chi connectivity index (χ1v) is 7.45. The summed E-state index contributed by atoms with van der Waals surface area (Å²) in [5.74, 6) is 1.25. The first kappa shape index (κ1) is 13.8. The lowest BCUT2D eigenvalue weighted by Crippen LogP contribution is -2.23. The van der Waals surface area contributed by atoms with E-state index in [1.807, 2.05) is 18.2 Å². The van der Waals surface area contributed by atoms with Gasteiger partial charge in [-0.15, -0.1) is 11.3 Å². The highest BCUT2D eigenvalue weighted by Crippen LogP contribution is 2.30. The van der Waals surface area contributed by atoms with E-state index in [0.717, 1.165) is 16.3 Å². The van der Waals surface area contributed by atoms with Gasteiger partial charge in [0, 0.05) is 18.5 Å². The monoisotopic (exact) mass is 305 g/mol. The Balaban J connectivity index is 1.63. The third-order valence-electron chi connectivity index (χ3n) is 3.02. The van der Waals surface area contributed by atoms with Crippen LogP contribution < -0.4 is 20.5 Å². The van der Waals surface area contributed by atoms with Crippen molar-refractivity contribution in [3.05, 3.63) is 39.8 Å². The van der Waals surface area contributed by atoms with Gasteiger partial charge < -0.3 is 20.5 Å². The van der Waals surface area contributed by atoms with Crippen molar-refractivity contribution in [2.45, 2.75) is 13.1 Å². The molecule has 2 aromatic rings. The van der Waals surface area contributed by atoms with Crippen LogP contribution in [0.25, 0.3) is 0 Å². The quantitative estimate of drug-likeness (QED) is 0.889. The molecule has 0 atom stereocenters. The van der Waals surface area contributed by atoms with Crippen molar-refractivity contribution in [3.8, 4) is 11.5 Å². The van der Waals surface area contributed by atoms with E-state index in [2.05, 4.69) is 10.3 Å². The molecule has 2 heterocycles. The molecule has 1 aromatic heterocycles. The zero-order valence-corrected chi connectivity index (χ0v) is 12.1. The van der Waals surface area contributed by atoms with Crippen molar-refractivity contribution < 1.29 is 14.3 Å². The van der Waals surface area contributed by atoms with E-state index in [9.17, 15) is 4.79 Å². The van der Waals surface area contributed by atoms with Gasteiger partial charge in [-0.2, -0.15) is 0 Å². The number of ether oxygens (including phenoxy) is 2. The van der Waals surface area contributed by atoms with Crippen molar-refractivity contribution >= 4 is 17.2 Å². The molecule has 3 rings (SSSR count). The minimum Gasteiger partial charge on any atom is -0.486 e. The molecule has 21 heavy (non-hydrogen) atoms. The maximum Gasteiger partial charge on any atom is 0.271 e. The molecule has 1 aromatic carbocycles. The number of carbonyl (C=O) groups excluding carboxylic acids is 1. The van der Waals surface area contributed by atoms with Crippen LogP contribution in [0.2, 0.25) is 0 Å². The summed E-state index contributed by atoms with van der Waals surface area (Å²) >= 11 is 1.38. The molecule has 0 aliphatic carbocycles. The van der Waals surface area contributed by atoms with E-state index in [1.54, 1.807) is 5.38 Å². The lowest BCUT2D eigenvalue weighted by Gasteiger charge is -2.18. The molecule has 0 bridgehead atoms. The zero-order chi connectivity index (χ0) is 14.7. The fourth-order valence-electron chi connectivity index (χ4n) is 1.98. The number of rotatable bonds is 4. The van der Waals surface area contributed by atoms with Gasteiger partial charge in [0.05, 0.1) is 0 Å². The Labute approximate surface area is 125 Å². The molecule has 0 saturated heterocycles. The second-order valence-electron chi connectivity index (χ2n) is 4.49. The lowest BCUT2D eigenvalue weighted by molar-refractivity contribution is 0.0946. The molecule has 0 saturated carbocycles. The molecule has 0 unspecified atom stereocenters. The number of hydrogen-bond donors (Lipinski definition) is 2. The maximum atomic E-state index is 12.0. The predicted octanol–water partition coefficient (Wildman–Crippen LogP) is 1.30. The first-order valence-electron chi connectivity index (χ1n) is 6.57. The van der Waals surface area contributed by atoms with Gasteiger partial charge in [0.1, 0.15) is 23.9 Å². The topological polar surface area (TPSA) is 86.5 Å². The number of carbonyl (C=O) groups is 1. The number of amides is 1. The van der Waals surface area contributed by atoms with Crippen molar-refractivity contribution in [2.75, 3.05) is 13.2 Å². The van der Waals surface area contributed by atoms with Crippen LogP contribution in [-0.4, -0.2) is 24.1 Å². The number of nitrogens with zero attached hydrogens (tertiary/aromatic N) is 1. The van der Waals surface area contributed by atoms with Crippen LogP contribution in [0.1, 0.15) is 21.1 Å². The molecule has 7 heteroatoms. The van der Waals surface area contributed by atoms with Crippen LogP contribution >= 0.6 is 11.3 Å². The van der Waals surface area contributed by atoms with Gasteiger partial charge in [-0.1, -0.05) is 6.07 Å². The molecule has 6 nitrogen and oxygen atoms in total. The molecule has 0 radical (unpaired) electrons. The van der Waals surface area contributed by atoms with E-state index in [1.165, 1.54) is 11.3 Å². The summed E-state index contributed by atoms with van der Waals surface area (Å²) in [6, 6.07) is 5.63. The number of benzene rings is 1. The number of nitrogens with one attached hydrogen (secondary N) is 1. The number of nitrogens with two attached hydrogens (primary N) is 1. The van der Waals surface area contributed by atoms with E-state index in [-0.39, 0.29) is 5.91 Å². The molecule has 1 amide bonds. The van der Waals surface area contributed by atoms with Crippen molar-refractivity contribution in [1.29, 1.82) is 0 Å². The Morgan fingerprint density at radius 2 is 2.14 bits per heavy atom. The summed E-state index contributed by atoms with van der Waals surface area (Å²) < 4.78 is 11.0. The molecule has 1 aliphatic rings. The van der Waals surface area contributed by atoms with Crippen LogP contribution in [-0.2, 0) is 13.1 Å². The second-order valence-corrected chi connectivity index (χ2v) is 5.43. The molecular formula is C14H15N3O3S. The highest BCUT2D eigenvalue weighted by atomic mass is 32.1. The average Bonchev–Trinajstić information content (AvgIpc) is 3.01. The van der Waals surface area contributed by atoms with Crippen LogP contribution in [0.5, 0.6) is 11.5 Å². The average molecular weight is 305 g/mol. The number of hydrogen-bond acceptors (Lipinski definition) is 6. The van der Waals surface area contributed by atoms with Gasteiger partial charge in [-0.3, -0.25) is 4.79 Å². The molecule has 0 spiro atoms. The molecule has 1 aliphatic heterocycles. The van der Waals surface area contributed by atoms with Crippen molar-refractivity contribution in [1.82, 2.24) is 10.3 Å². The van der Waals surface area contributed by atoms with Crippen LogP contribution in [0.15, 0.2) is 23.6 Å². The van der Waals surface area contributed by atoms with Crippen LogP contribution in [0.3, 0.4) is 0 Å². The van der Waals surface area contributed by atoms with Gasteiger partial charge in [0.15, 0.2) is 11.5 Å². The normalized spacial score (nSPS) is 13.0. The molecule has 0 fully saturated rings. The highest BCUT2D eigenvalue weighted by molar-refractivity contribution is 7.09. The molecule has 110 valence electrons.